The van der Waals surface area contributed by atoms with Gasteiger partial charge in [-0.2, -0.15) is 0 Å². The molecule has 266 valence electrons. The monoisotopic (exact) mass is 792 g/mol. The topological polar surface area (TPSA) is 51.8 Å². The van der Waals surface area contributed by atoms with E-state index in [-0.39, 0.29) is 40.3 Å². The molecule has 6 heteroatoms. The molecule has 4 nitrogen and oxygen atoms in total. The van der Waals surface area contributed by atoms with Crippen molar-refractivity contribution in [2.24, 2.45) is 0 Å². The van der Waals surface area contributed by atoms with Crippen LogP contribution in [0.15, 0.2) is 180 Å². The molecule has 12 rings (SSSR count). The minimum Gasteiger partial charge on any atom is -0.455 e. The molecule has 0 amide bonds. The van der Waals surface area contributed by atoms with Gasteiger partial charge in [0.1, 0.15) is 11.2 Å². The average Bonchev–Trinajstić information content (AvgIpc) is 1.72. The summed E-state index contributed by atoms with van der Waals surface area (Å²) in [5.74, 6) is -2.40. The number of fused-ring (bicyclic) bond motifs is 9. The number of para-hydroxylation sites is 1. The zero-order valence-electron chi connectivity index (χ0n) is 57.1. The van der Waals surface area contributed by atoms with E-state index in [2.05, 4.69) is 15.0 Å². The summed E-state index contributed by atoms with van der Waals surface area (Å²) >= 11 is 1.30. The van der Waals surface area contributed by atoms with Crippen molar-refractivity contribution in [2.45, 2.75) is 0 Å². The molecule has 0 saturated heterocycles. The van der Waals surface area contributed by atoms with Crippen LogP contribution in [-0.4, -0.2) is 15.0 Å². The van der Waals surface area contributed by atoms with Crippen molar-refractivity contribution in [1.82, 2.24) is 15.0 Å². The highest BCUT2D eigenvalue weighted by atomic mass is 32.1. The van der Waals surface area contributed by atoms with Crippen molar-refractivity contribution in [2.75, 3.05) is 0 Å². The summed E-state index contributed by atoms with van der Waals surface area (Å²) in [5, 5.41) is -2.26. The Labute approximate surface area is 375 Å². The fraction of sp³-hybridized carbons (Fsp3) is 0. The number of thiophene rings is 2. The van der Waals surface area contributed by atoms with Gasteiger partial charge < -0.3 is 4.42 Å². The molecule has 4 heterocycles. The second kappa shape index (κ2) is 12.8. The molecule has 12 aromatic rings. The SMILES string of the molecule is [2H]c1c([2H])c([2H])c(-c2nc(-c3c([2H])c([2H])c([2H])c([2H])c3[2H])nc(-c3c([2H])c([2H])c([2H])c4c3oc3c([2H])c(-c5c([2H])c(-c6c([2H])c([2H])c([2H])c7sc8c([2H])c([2H])c([2H])c([2H])c8c67)c([2H])c6sc7c([2H])c([2H])c([2H])c([2H])c7c56)c([2H])c([2H])c34)n2)c([2H])c1[2H]. The lowest BCUT2D eigenvalue weighted by atomic mass is 9.92. The van der Waals surface area contributed by atoms with Crippen LogP contribution in [0.5, 0.6) is 0 Å². The molecule has 0 bridgehead atoms. The van der Waals surface area contributed by atoms with Crippen molar-refractivity contribution < 1.29 is 44.2 Å². The molecule has 0 N–H and O–H groups in total. The summed E-state index contributed by atoms with van der Waals surface area (Å²) in [6, 6.07) is -23.3. The first-order valence-electron chi connectivity index (χ1n) is 31.1. The third-order valence-corrected chi connectivity index (χ3v) is 10.9. The van der Waals surface area contributed by atoms with Gasteiger partial charge in [0.05, 0.1) is 45.3 Å². The summed E-state index contributed by atoms with van der Waals surface area (Å²) in [5.41, 5.74) is -5.91. The maximum Gasteiger partial charge on any atom is 0.167 e. The van der Waals surface area contributed by atoms with Crippen LogP contribution in [0.2, 0.25) is 0 Å². The van der Waals surface area contributed by atoms with E-state index in [4.69, 9.17) is 31.8 Å². The number of hydrogen-bond acceptors (Lipinski definition) is 6. The van der Waals surface area contributed by atoms with E-state index in [0.29, 0.717) is 22.7 Å². The first kappa shape index (κ1) is 14.8. The highest BCUT2D eigenvalue weighted by molar-refractivity contribution is 7.26. The lowest BCUT2D eigenvalue weighted by Gasteiger charge is -2.11. The molecule has 0 saturated carbocycles. The molecule has 0 aliphatic rings. The molecule has 4 aromatic heterocycles. The lowest BCUT2D eigenvalue weighted by molar-refractivity contribution is 0.669. The predicted molar refractivity (Wildman–Crippen MR) is 240 cm³/mol. The molecule has 57 heavy (non-hydrogen) atoms. The van der Waals surface area contributed by atoms with Crippen LogP contribution < -0.4 is 0 Å². The van der Waals surface area contributed by atoms with E-state index in [0.717, 1.165) is 0 Å². The summed E-state index contributed by atoms with van der Waals surface area (Å²) < 4.78 is 266. The van der Waals surface area contributed by atoms with Crippen molar-refractivity contribution in [3.63, 3.8) is 0 Å². The summed E-state index contributed by atoms with van der Waals surface area (Å²) in [6.45, 7) is 0. The number of furan rings is 1. The van der Waals surface area contributed by atoms with Crippen LogP contribution in [0.3, 0.4) is 0 Å². The number of nitrogens with zero attached hydrogens (tertiary/aromatic N) is 3. The van der Waals surface area contributed by atoms with E-state index < -0.39 is 254 Å². The molecular weight excluding hydrogens is 735 g/mol. The minimum atomic E-state index is -0.951. The number of rotatable bonds is 5. The summed E-state index contributed by atoms with van der Waals surface area (Å²) in [6.07, 6.45) is 0. The zero-order chi connectivity index (χ0) is 62.7. The van der Waals surface area contributed by atoms with Crippen LogP contribution in [-0.2, 0) is 0 Å². The predicted octanol–water partition coefficient (Wildman–Crippen LogP) is 14.8. The van der Waals surface area contributed by atoms with E-state index in [9.17, 15) is 12.3 Å². The number of benzene rings is 8. The minimum absolute atomic E-state index is 0.112. The largest absolute Gasteiger partial charge is 0.455 e. The van der Waals surface area contributed by atoms with Gasteiger partial charge in [-0.15, -0.1) is 22.7 Å². The third-order valence-electron chi connectivity index (χ3n) is 8.89. The van der Waals surface area contributed by atoms with Gasteiger partial charge in [0, 0.05) is 62.2 Å². The summed E-state index contributed by atoms with van der Waals surface area (Å²) in [7, 11) is 0. The van der Waals surface area contributed by atoms with E-state index in [1.807, 2.05) is 0 Å². The van der Waals surface area contributed by atoms with E-state index in [1.165, 1.54) is 0 Å². The maximum absolute atomic E-state index is 10.2. The van der Waals surface area contributed by atoms with E-state index in [1.54, 1.807) is 0 Å². The molecule has 0 spiro atoms. The Balaban J connectivity index is 1.25. The normalized spacial score (nSPS) is 19.0. The molecule has 0 atom stereocenters. The molecule has 0 unspecified atom stereocenters. The quantitative estimate of drug-likeness (QED) is 0.174. The number of hydrogen-bond donors (Lipinski definition) is 0. The standard InChI is InChI=1S/C51H29N3OS2/c1-3-13-30(14-4-1)49-52-50(31-15-5-2-6-16-31)54-51(53-49)39-21-11-20-36-35-26-25-32(28-41(35)55-48(36)39)40-27-33(29-45-47(40)38-18-8-10-23-43(38)57-45)34-19-12-24-44-46(34)37-17-7-9-22-42(37)56-44/h1-29H/i1D,2D,3D,4D,5D,6D,7D,8D,9D,10D,11D,12D,13D,14D,15D,16D,17D,18D,19D,20D,21D,22D,23D,24D,25D,26D,27D,28D,29D. The molecule has 0 radical (unpaired) electrons. The van der Waals surface area contributed by atoms with Crippen LogP contribution in [0, 0.1) is 0 Å². The van der Waals surface area contributed by atoms with Crippen LogP contribution in [0.1, 0.15) is 39.8 Å². The first-order valence-corrected chi connectivity index (χ1v) is 18.2. The van der Waals surface area contributed by atoms with Gasteiger partial charge in [-0.05, 0) is 70.6 Å². The fourth-order valence-electron chi connectivity index (χ4n) is 6.47. The average molecular weight is 793 g/mol. The second-order valence-corrected chi connectivity index (χ2v) is 14.1. The smallest absolute Gasteiger partial charge is 0.167 e. The second-order valence-electron chi connectivity index (χ2n) is 12.1. The van der Waals surface area contributed by atoms with E-state index >= 15 is 0 Å². The van der Waals surface area contributed by atoms with Crippen molar-refractivity contribution in [3.8, 4) is 56.4 Å². The Morgan fingerprint density at radius 3 is 1.65 bits per heavy atom. The Kier molecular flexibility index (Phi) is 3.32. The van der Waals surface area contributed by atoms with Crippen LogP contribution >= 0.6 is 22.7 Å². The van der Waals surface area contributed by atoms with Crippen molar-refractivity contribution >= 4 is 85.0 Å². The Morgan fingerprint density at radius 1 is 0.368 bits per heavy atom. The van der Waals surface area contributed by atoms with Gasteiger partial charge >= 0.3 is 0 Å². The first-order chi connectivity index (χ1) is 40.3. The molecule has 0 aliphatic carbocycles. The van der Waals surface area contributed by atoms with Crippen LogP contribution in [0.25, 0.3) is 119 Å². The highest BCUT2D eigenvalue weighted by Gasteiger charge is 2.20. The molecule has 0 aliphatic heterocycles. The van der Waals surface area contributed by atoms with Gasteiger partial charge in [-0.1, -0.05) is 127 Å². The van der Waals surface area contributed by atoms with Gasteiger partial charge in [-0.25, -0.2) is 15.0 Å². The summed E-state index contributed by atoms with van der Waals surface area (Å²) in [4.78, 5) is 13.0. The zero-order valence-corrected chi connectivity index (χ0v) is 29.7. The molecular formula is C51H29N3OS2. The van der Waals surface area contributed by atoms with Crippen molar-refractivity contribution in [1.29, 1.82) is 0 Å². The Morgan fingerprint density at radius 2 is 0.930 bits per heavy atom. The maximum atomic E-state index is 10.2. The van der Waals surface area contributed by atoms with Crippen molar-refractivity contribution in [3.05, 3.63) is 175 Å². The van der Waals surface area contributed by atoms with Gasteiger partial charge in [0.25, 0.3) is 0 Å². The molecule has 0 fully saturated rings. The Hall–Kier alpha value is -6.99. The molecule has 8 aromatic carbocycles. The fourth-order valence-corrected chi connectivity index (χ4v) is 8.46. The van der Waals surface area contributed by atoms with Gasteiger partial charge in [-0.3, -0.25) is 0 Å². The lowest BCUT2D eigenvalue weighted by Crippen LogP contribution is -2.00. The van der Waals surface area contributed by atoms with Gasteiger partial charge in [0.15, 0.2) is 17.5 Å². The third kappa shape index (κ3) is 5.22. The highest BCUT2D eigenvalue weighted by Crippen LogP contribution is 2.47. The van der Waals surface area contributed by atoms with Crippen LogP contribution in [0.4, 0.5) is 0 Å². The van der Waals surface area contributed by atoms with Gasteiger partial charge in [0.2, 0.25) is 0 Å². The number of aromatic nitrogens is 3. The Bertz CT molecular complexity index is 5100.